The first-order valence-electron chi connectivity index (χ1n) is 8.79. The monoisotopic (exact) mass is 283 g/mol. The molecular formula is C19H25NO. The van der Waals surface area contributed by atoms with Crippen LogP contribution < -0.4 is 10.5 Å². The molecule has 4 fully saturated rings. The van der Waals surface area contributed by atoms with E-state index in [2.05, 4.69) is 18.2 Å². The highest BCUT2D eigenvalue weighted by Crippen LogP contribution is 2.59. The molecule has 4 bridgehead atoms. The van der Waals surface area contributed by atoms with Crippen LogP contribution in [0.3, 0.4) is 0 Å². The topological polar surface area (TPSA) is 35.2 Å². The third-order valence-corrected chi connectivity index (χ3v) is 6.82. The van der Waals surface area contributed by atoms with Crippen molar-refractivity contribution >= 4 is 0 Å². The van der Waals surface area contributed by atoms with Crippen molar-refractivity contribution in [3.05, 3.63) is 29.3 Å². The summed E-state index contributed by atoms with van der Waals surface area (Å²) in [4.78, 5) is 0. The second-order valence-corrected chi connectivity index (χ2v) is 7.97. The van der Waals surface area contributed by atoms with Crippen LogP contribution in [-0.2, 0) is 6.42 Å². The molecule has 0 radical (unpaired) electrons. The summed E-state index contributed by atoms with van der Waals surface area (Å²) in [5.74, 6) is 5.64. The minimum Gasteiger partial charge on any atom is -0.493 e. The van der Waals surface area contributed by atoms with Gasteiger partial charge in [0, 0.05) is 18.0 Å². The van der Waals surface area contributed by atoms with Gasteiger partial charge >= 0.3 is 0 Å². The van der Waals surface area contributed by atoms with E-state index in [4.69, 9.17) is 10.5 Å². The molecule has 2 N–H and O–H groups in total. The van der Waals surface area contributed by atoms with Gasteiger partial charge < -0.3 is 10.5 Å². The zero-order valence-corrected chi connectivity index (χ0v) is 12.6. The van der Waals surface area contributed by atoms with Gasteiger partial charge in [-0.2, -0.15) is 0 Å². The standard InChI is InChI=1S/C19H25NO/c20-18(16-3-1-2-13-4-5-21-19(13)16)17-14-7-11-6-12(9-14)10-15(17)8-11/h1-3,11-12,14-15,17-18H,4-10,20H2. The van der Waals surface area contributed by atoms with E-state index in [1.165, 1.54) is 43.2 Å². The van der Waals surface area contributed by atoms with Crippen molar-refractivity contribution in [2.45, 2.75) is 44.6 Å². The van der Waals surface area contributed by atoms with Crippen LogP contribution in [0, 0.1) is 29.6 Å². The smallest absolute Gasteiger partial charge is 0.127 e. The molecule has 1 atom stereocenters. The highest BCUT2D eigenvalue weighted by Gasteiger charge is 2.50. The van der Waals surface area contributed by atoms with Crippen LogP contribution in [0.2, 0.25) is 0 Å². The molecule has 4 saturated carbocycles. The Morgan fingerprint density at radius 2 is 1.71 bits per heavy atom. The molecule has 1 unspecified atom stereocenters. The molecule has 1 aromatic carbocycles. The molecule has 112 valence electrons. The number of ether oxygens (including phenoxy) is 1. The van der Waals surface area contributed by atoms with Gasteiger partial charge in [0.1, 0.15) is 5.75 Å². The van der Waals surface area contributed by atoms with Gasteiger partial charge in [-0.05, 0) is 67.3 Å². The van der Waals surface area contributed by atoms with Crippen LogP contribution in [0.15, 0.2) is 18.2 Å². The molecule has 5 aliphatic rings. The fourth-order valence-corrected chi connectivity index (χ4v) is 6.26. The zero-order chi connectivity index (χ0) is 14.0. The maximum Gasteiger partial charge on any atom is 0.127 e. The van der Waals surface area contributed by atoms with E-state index >= 15 is 0 Å². The number of hydrogen-bond acceptors (Lipinski definition) is 2. The summed E-state index contributed by atoms with van der Waals surface area (Å²) in [5, 5.41) is 0. The molecule has 0 aromatic heterocycles. The maximum atomic E-state index is 6.81. The Kier molecular flexibility index (Phi) is 2.67. The van der Waals surface area contributed by atoms with E-state index in [-0.39, 0.29) is 6.04 Å². The third kappa shape index (κ3) is 1.81. The number of rotatable bonds is 2. The van der Waals surface area contributed by atoms with Gasteiger partial charge in [0.05, 0.1) is 6.61 Å². The van der Waals surface area contributed by atoms with E-state index in [1.54, 1.807) is 0 Å². The van der Waals surface area contributed by atoms with Gasteiger partial charge in [-0.15, -0.1) is 0 Å². The summed E-state index contributed by atoms with van der Waals surface area (Å²) in [5.41, 5.74) is 9.47. The molecule has 1 aromatic rings. The normalized spacial score (nSPS) is 40.9. The van der Waals surface area contributed by atoms with Crippen LogP contribution >= 0.6 is 0 Å². The van der Waals surface area contributed by atoms with Crippen molar-refractivity contribution in [2.24, 2.45) is 35.3 Å². The van der Waals surface area contributed by atoms with Crippen molar-refractivity contribution < 1.29 is 4.74 Å². The van der Waals surface area contributed by atoms with Crippen molar-refractivity contribution in [1.29, 1.82) is 0 Å². The molecule has 1 aliphatic heterocycles. The fraction of sp³-hybridized carbons (Fsp3) is 0.684. The molecule has 1 heterocycles. The molecule has 6 rings (SSSR count). The maximum absolute atomic E-state index is 6.81. The highest BCUT2D eigenvalue weighted by atomic mass is 16.5. The van der Waals surface area contributed by atoms with Crippen LogP contribution in [0.5, 0.6) is 5.75 Å². The second-order valence-electron chi connectivity index (χ2n) is 7.97. The molecular weight excluding hydrogens is 258 g/mol. The number of para-hydroxylation sites is 1. The summed E-state index contributed by atoms with van der Waals surface area (Å²) in [6.07, 6.45) is 8.35. The Hall–Kier alpha value is -1.02. The largest absolute Gasteiger partial charge is 0.493 e. The first-order chi connectivity index (χ1) is 10.3. The Bertz CT molecular complexity index is 539. The quantitative estimate of drug-likeness (QED) is 0.898. The van der Waals surface area contributed by atoms with Gasteiger partial charge in [-0.25, -0.2) is 0 Å². The lowest BCUT2D eigenvalue weighted by molar-refractivity contribution is -0.0473. The van der Waals surface area contributed by atoms with Gasteiger partial charge in [0.25, 0.3) is 0 Å². The average molecular weight is 283 g/mol. The van der Waals surface area contributed by atoms with Crippen molar-refractivity contribution in [1.82, 2.24) is 0 Å². The minimum atomic E-state index is 0.188. The summed E-state index contributed by atoms with van der Waals surface area (Å²) in [7, 11) is 0. The molecule has 0 amide bonds. The lowest BCUT2D eigenvalue weighted by atomic mass is 9.50. The molecule has 21 heavy (non-hydrogen) atoms. The van der Waals surface area contributed by atoms with Gasteiger partial charge in [-0.3, -0.25) is 0 Å². The van der Waals surface area contributed by atoms with E-state index < -0.39 is 0 Å². The van der Waals surface area contributed by atoms with E-state index in [0.29, 0.717) is 5.92 Å². The van der Waals surface area contributed by atoms with E-state index in [9.17, 15) is 0 Å². The summed E-state index contributed by atoms with van der Waals surface area (Å²) in [6.45, 7) is 0.834. The summed E-state index contributed by atoms with van der Waals surface area (Å²) >= 11 is 0. The second kappa shape index (κ2) is 4.49. The summed E-state index contributed by atoms with van der Waals surface area (Å²) in [6, 6.07) is 6.79. The van der Waals surface area contributed by atoms with Gasteiger partial charge in [0.15, 0.2) is 0 Å². The minimum absolute atomic E-state index is 0.188. The number of hydrogen-bond donors (Lipinski definition) is 1. The van der Waals surface area contributed by atoms with Crippen LogP contribution in [0.1, 0.15) is 49.3 Å². The molecule has 2 heteroatoms. The fourth-order valence-electron chi connectivity index (χ4n) is 6.26. The highest BCUT2D eigenvalue weighted by molar-refractivity contribution is 5.46. The third-order valence-electron chi connectivity index (χ3n) is 6.82. The first-order valence-corrected chi connectivity index (χ1v) is 8.79. The number of benzene rings is 1. The zero-order valence-electron chi connectivity index (χ0n) is 12.6. The number of fused-ring (bicyclic) bond motifs is 1. The first kappa shape index (κ1) is 12.5. The van der Waals surface area contributed by atoms with Crippen LogP contribution in [0.4, 0.5) is 0 Å². The van der Waals surface area contributed by atoms with Crippen LogP contribution in [-0.4, -0.2) is 6.61 Å². The average Bonchev–Trinajstić information content (AvgIpc) is 2.94. The van der Waals surface area contributed by atoms with Crippen LogP contribution in [0.25, 0.3) is 0 Å². The van der Waals surface area contributed by atoms with E-state index in [1.807, 2.05) is 0 Å². The Balaban J connectivity index is 1.49. The molecule has 0 spiro atoms. The van der Waals surface area contributed by atoms with Crippen molar-refractivity contribution in [2.75, 3.05) is 6.61 Å². The van der Waals surface area contributed by atoms with Crippen molar-refractivity contribution in [3.8, 4) is 5.75 Å². The SMILES string of the molecule is NC(c1cccc2c1OCC2)C1C2CC3CC(C2)CC1C3. The predicted octanol–water partition coefficient (Wildman–Crippen LogP) is 3.69. The molecule has 0 saturated heterocycles. The lowest BCUT2D eigenvalue weighted by Crippen LogP contribution is -2.48. The summed E-state index contributed by atoms with van der Waals surface area (Å²) < 4.78 is 5.91. The number of nitrogens with two attached hydrogens (primary N) is 1. The Labute approximate surface area is 127 Å². The van der Waals surface area contributed by atoms with E-state index in [0.717, 1.165) is 42.4 Å². The predicted molar refractivity (Wildman–Crippen MR) is 83.1 cm³/mol. The Morgan fingerprint density at radius 1 is 1.00 bits per heavy atom. The molecule has 4 aliphatic carbocycles. The molecule has 2 nitrogen and oxygen atoms in total. The van der Waals surface area contributed by atoms with Gasteiger partial charge in [-0.1, -0.05) is 18.2 Å². The van der Waals surface area contributed by atoms with Crippen molar-refractivity contribution in [3.63, 3.8) is 0 Å². The van der Waals surface area contributed by atoms with Gasteiger partial charge in [0.2, 0.25) is 0 Å². The Morgan fingerprint density at radius 3 is 2.43 bits per heavy atom. The lowest BCUT2D eigenvalue weighted by Gasteiger charge is -2.56.